The number of halogens is 1. The van der Waals surface area contributed by atoms with Gasteiger partial charge in [0.1, 0.15) is 5.75 Å². The Morgan fingerprint density at radius 2 is 2.05 bits per heavy atom. The monoisotopic (exact) mass is 296 g/mol. The maximum Gasteiger partial charge on any atom is 0.122 e. The van der Waals surface area contributed by atoms with E-state index in [1.165, 1.54) is 32.1 Å². The molecule has 3 N–H and O–H groups in total. The smallest absolute Gasteiger partial charge is 0.122 e. The summed E-state index contributed by atoms with van der Waals surface area (Å²) in [5, 5.41) is 0.741. The minimum Gasteiger partial charge on any atom is -0.496 e. The van der Waals surface area contributed by atoms with Gasteiger partial charge in [0.25, 0.3) is 0 Å². The second kappa shape index (κ2) is 6.79. The van der Waals surface area contributed by atoms with Crippen LogP contribution in [0.3, 0.4) is 0 Å². The molecule has 0 bridgehead atoms. The Bertz CT molecular complexity index is 444. The Morgan fingerprint density at radius 3 is 2.65 bits per heavy atom. The van der Waals surface area contributed by atoms with Crippen LogP contribution in [0.25, 0.3) is 0 Å². The van der Waals surface area contributed by atoms with E-state index in [0.717, 1.165) is 22.8 Å². The molecule has 2 rings (SSSR count). The molecule has 1 aliphatic carbocycles. The molecular weight excluding hydrogens is 272 g/mol. The average molecular weight is 297 g/mol. The van der Waals surface area contributed by atoms with E-state index in [0.29, 0.717) is 0 Å². The van der Waals surface area contributed by atoms with Gasteiger partial charge < -0.3 is 4.74 Å². The van der Waals surface area contributed by atoms with Crippen LogP contribution in [0.2, 0.25) is 5.02 Å². The van der Waals surface area contributed by atoms with Crippen LogP contribution in [0, 0.1) is 5.41 Å². The van der Waals surface area contributed by atoms with Gasteiger partial charge in [-0.25, -0.2) is 0 Å². The maximum absolute atomic E-state index is 6.11. The molecule has 0 amide bonds. The third-order valence-electron chi connectivity index (χ3n) is 4.70. The first-order chi connectivity index (χ1) is 9.59. The van der Waals surface area contributed by atoms with Crippen LogP contribution in [-0.2, 0) is 6.42 Å². The molecule has 0 spiro atoms. The third kappa shape index (κ3) is 3.46. The van der Waals surface area contributed by atoms with Crippen molar-refractivity contribution >= 4 is 11.6 Å². The fraction of sp³-hybridized carbons (Fsp3) is 0.625. The molecule has 20 heavy (non-hydrogen) atoms. The highest BCUT2D eigenvalue weighted by Gasteiger charge is 2.35. The van der Waals surface area contributed by atoms with E-state index in [1.807, 2.05) is 18.2 Å². The summed E-state index contributed by atoms with van der Waals surface area (Å²) in [7, 11) is 1.69. The van der Waals surface area contributed by atoms with Crippen LogP contribution in [0.15, 0.2) is 18.2 Å². The lowest BCUT2D eigenvalue weighted by molar-refractivity contribution is 0.143. The zero-order chi connectivity index (χ0) is 14.6. The van der Waals surface area contributed by atoms with Gasteiger partial charge in [0.2, 0.25) is 0 Å². The minimum atomic E-state index is 0.246. The highest BCUT2D eigenvalue weighted by molar-refractivity contribution is 6.30. The van der Waals surface area contributed by atoms with Crippen LogP contribution >= 0.6 is 11.6 Å². The van der Waals surface area contributed by atoms with Crippen LogP contribution in [0.1, 0.15) is 44.6 Å². The van der Waals surface area contributed by atoms with Gasteiger partial charge in [-0.15, -0.1) is 0 Å². The molecule has 112 valence electrons. The molecule has 0 aliphatic heterocycles. The number of hydrazine groups is 1. The molecule has 1 aromatic rings. The lowest BCUT2D eigenvalue weighted by Crippen LogP contribution is -2.49. The molecular formula is C16H25ClN2O. The predicted molar refractivity (Wildman–Crippen MR) is 84.0 cm³/mol. The number of nitrogens with two attached hydrogens (primary N) is 1. The normalized spacial score (nSPS) is 19.6. The number of nitrogens with one attached hydrogen (secondary N) is 1. The van der Waals surface area contributed by atoms with E-state index >= 15 is 0 Å². The van der Waals surface area contributed by atoms with Crippen molar-refractivity contribution in [3.05, 3.63) is 28.8 Å². The molecule has 4 heteroatoms. The molecule has 1 fully saturated rings. The summed E-state index contributed by atoms with van der Waals surface area (Å²) in [6.07, 6.45) is 7.22. The topological polar surface area (TPSA) is 47.3 Å². The van der Waals surface area contributed by atoms with Crippen molar-refractivity contribution in [3.63, 3.8) is 0 Å². The first-order valence-corrected chi connectivity index (χ1v) is 7.75. The van der Waals surface area contributed by atoms with Gasteiger partial charge in [-0.3, -0.25) is 11.3 Å². The summed E-state index contributed by atoms with van der Waals surface area (Å²) in [4.78, 5) is 0. The van der Waals surface area contributed by atoms with Crippen LogP contribution in [-0.4, -0.2) is 13.2 Å². The van der Waals surface area contributed by atoms with E-state index in [2.05, 4.69) is 12.3 Å². The van der Waals surface area contributed by atoms with Crippen molar-refractivity contribution in [3.8, 4) is 5.75 Å². The second-order valence-corrected chi connectivity index (χ2v) is 6.53. The molecule has 0 saturated heterocycles. The van der Waals surface area contributed by atoms with Crippen molar-refractivity contribution in [2.24, 2.45) is 11.3 Å². The Balaban J connectivity index is 2.19. The Kier molecular flexibility index (Phi) is 5.30. The predicted octanol–water partition coefficient (Wildman–Crippen LogP) is 3.69. The number of benzene rings is 1. The van der Waals surface area contributed by atoms with Gasteiger partial charge in [0.15, 0.2) is 0 Å². The highest BCUT2D eigenvalue weighted by atomic mass is 35.5. The summed E-state index contributed by atoms with van der Waals surface area (Å²) >= 11 is 6.11. The fourth-order valence-corrected chi connectivity index (χ4v) is 3.54. The Hall–Kier alpha value is -0.770. The number of hydrogen-bond donors (Lipinski definition) is 2. The van der Waals surface area contributed by atoms with Gasteiger partial charge in [-0.05, 0) is 48.4 Å². The summed E-state index contributed by atoms with van der Waals surface area (Å²) in [5.74, 6) is 6.73. The standard InChI is InChI=1S/C16H25ClN2O/c1-16(8-4-3-5-9-16)15(19-18)11-12-10-13(17)6-7-14(12)20-2/h6-7,10,15,19H,3-5,8-9,11,18H2,1-2H3. The summed E-state index contributed by atoms with van der Waals surface area (Å²) < 4.78 is 5.44. The van der Waals surface area contributed by atoms with Crippen molar-refractivity contribution in [2.45, 2.75) is 51.5 Å². The number of methoxy groups -OCH3 is 1. The summed E-state index contributed by atoms with van der Waals surface area (Å²) in [6.45, 7) is 2.34. The zero-order valence-corrected chi connectivity index (χ0v) is 13.2. The van der Waals surface area contributed by atoms with Crippen LogP contribution in [0.4, 0.5) is 0 Å². The Morgan fingerprint density at radius 1 is 1.35 bits per heavy atom. The van der Waals surface area contributed by atoms with Crippen LogP contribution < -0.4 is 16.0 Å². The molecule has 1 unspecified atom stereocenters. The Labute approximate surface area is 126 Å². The summed E-state index contributed by atoms with van der Waals surface area (Å²) in [6, 6.07) is 6.01. The lowest BCUT2D eigenvalue weighted by atomic mass is 9.69. The molecule has 0 heterocycles. The van der Waals surface area contributed by atoms with E-state index < -0.39 is 0 Å². The van der Waals surface area contributed by atoms with Crippen molar-refractivity contribution < 1.29 is 4.74 Å². The molecule has 3 nitrogen and oxygen atoms in total. The molecule has 1 saturated carbocycles. The van der Waals surface area contributed by atoms with Gasteiger partial charge in [-0.1, -0.05) is 37.8 Å². The first kappa shape index (κ1) is 15.6. The molecule has 0 aromatic heterocycles. The van der Waals surface area contributed by atoms with Gasteiger partial charge in [0.05, 0.1) is 7.11 Å². The molecule has 1 aromatic carbocycles. The molecule has 1 atom stereocenters. The van der Waals surface area contributed by atoms with Crippen molar-refractivity contribution in [2.75, 3.05) is 7.11 Å². The van der Waals surface area contributed by atoms with Gasteiger partial charge in [-0.2, -0.15) is 0 Å². The van der Waals surface area contributed by atoms with Gasteiger partial charge >= 0.3 is 0 Å². The SMILES string of the molecule is COc1ccc(Cl)cc1CC(NN)C1(C)CCCCC1. The largest absolute Gasteiger partial charge is 0.496 e. The first-order valence-electron chi connectivity index (χ1n) is 7.37. The number of rotatable bonds is 5. The quantitative estimate of drug-likeness (QED) is 0.643. The van der Waals surface area contributed by atoms with E-state index in [4.69, 9.17) is 22.2 Å². The molecule has 1 aliphatic rings. The number of hydrogen-bond acceptors (Lipinski definition) is 3. The van der Waals surface area contributed by atoms with E-state index in [1.54, 1.807) is 7.11 Å². The lowest BCUT2D eigenvalue weighted by Gasteiger charge is -2.40. The second-order valence-electron chi connectivity index (χ2n) is 6.09. The zero-order valence-electron chi connectivity index (χ0n) is 12.4. The molecule has 0 radical (unpaired) electrons. The van der Waals surface area contributed by atoms with Crippen molar-refractivity contribution in [1.29, 1.82) is 0 Å². The minimum absolute atomic E-state index is 0.246. The average Bonchev–Trinajstić information content (AvgIpc) is 2.45. The summed E-state index contributed by atoms with van der Waals surface area (Å²) in [5.41, 5.74) is 4.40. The fourth-order valence-electron chi connectivity index (χ4n) is 3.34. The van der Waals surface area contributed by atoms with E-state index in [-0.39, 0.29) is 11.5 Å². The maximum atomic E-state index is 6.11. The number of ether oxygens (including phenoxy) is 1. The van der Waals surface area contributed by atoms with E-state index in [9.17, 15) is 0 Å². The van der Waals surface area contributed by atoms with Crippen molar-refractivity contribution in [1.82, 2.24) is 5.43 Å². The van der Waals surface area contributed by atoms with Crippen LogP contribution in [0.5, 0.6) is 5.75 Å². The third-order valence-corrected chi connectivity index (χ3v) is 4.94. The van der Waals surface area contributed by atoms with Gasteiger partial charge in [0, 0.05) is 11.1 Å². The highest BCUT2D eigenvalue weighted by Crippen LogP contribution is 2.40.